The normalized spacial score (nSPS) is 11.1. The van der Waals surface area contributed by atoms with Crippen molar-refractivity contribution >= 4 is 21.6 Å². The maximum Gasteiger partial charge on any atom is 0.329 e. The number of aromatic amines is 1. The third-order valence-corrected chi connectivity index (χ3v) is 4.51. The number of thiophene rings is 1. The standard InChI is InChI=1S/C14H13N3O2S/c1-3-17-13(18)10-8(2)11(9-6-4-5-7-15-9)20-12(10)16-14(17)19/h4-7H,3H2,1-2H3,(H,16,19). The Morgan fingerprint density at radius 2 is 2.15 bits per heavy atom. The van der Waals surface area contributed by atoms with Gasteiger partial charge >= 0.3 is 5.69 Å². The molecule has 0 amide bonds. The molecule has 20 heavy (non-hydrogen) atoms. The van der Waals surface area contributed by atoms with E-state index in [1.807, 2.05) is 25.1 Å². The molecule has 3 heterocycles. The maximum absolute atomic E-state index is 12.4. The van der Waals surface area contributed by atoms with Crippen LogP contribution in [0.1, 0.15) is 12.5 Å². The van der Waals surface area contributed by atoms with Gasteiger partial charge in [0.05, 0.1) is 16.0 Å². The fraction of sp³-hybridized carbons (Fsp3) is 0.214. The van der Waals surface area contributed by atoms with Gasteiger partial charge in [-0.3, -0.25) is 19.3 Å². The molecule has 6 heteroatoms. The third kappa shape index (κ3) is 1.80. The number of pyridine rings is 1. The van der Waals surface area contributed by atoms with Gasteiger partial charge in [-0.25, -0.2) is 4.79 Å². The summed E-state index contributed by atoms with van der Waals surface area (Å²) in [6.45, 7) is 4.03. The van der Waals surface area contributed by atoms with Crippen molar-refractivity contribution in [3.05, 3.63) is 50.8 Å². The van der Waals surface area contributed by atoms with Crippen LogP contribution in [0.25, 0.3) is 20.8 Å². The molecule has 0 aliphatic heterocycles. The lowest BCUT2D eigenvalue weighted by Crippen LogP contribution is -2.34. The van der Waals surface area contributed by atoms with Crippen LogP contribution in [0.3, 0.4) is 0 Å². The SMILES string of the molecule is CCn1c(=O)[nH]c2sc(-c3ccccn3)c(C)c2c1=O. The second kappa shape index (κ2) is 4.72. The lowest BCUT2D eigenvalue weighted by molar-refractivity contribution is 0.685. The molecule has 0 saturated heterocycles. The molecule has 5 nitrogen and oxygen atoms in total. The number of nitrogens with one attached hydrogen (secondary N) is 1. The van der Waals surface area contributed by atoms with Crippen LogP contribution < -0.4 is 11.2 Å². The Balaban J connectivity index is 2.40. The predicted molar refractivity (Wildman–Crippen MR) is 80.3 cm³/mol. The van der Waals surface area contributed by atoms with Crippen LogP contribution in [-0.2, 0) is 6.54 Å². The molecule has 0 aliphatic rings. The van der Waals surface area contributed by atoms with Gasteiger partial charge in [0, 0.05) is 12.7 Å². The first-order valence-corrected chi connectivity index (χ1v) is 7.12. The van der Waals surface area contributed by atoms with Gasteiger partial charge in [0.15, 0.2) is 0 Å². The summed E-state index contributed by atoms with van der Waals surface area (Å²) in [7, 11) is 0. The fourth-order valence-electron chi connectivity index (χ4n) is 2.28. The van der Waals surface area contributed by atoms with Crippen molar-refractivity contribution in [1.29, 1.82) is 0 Å². The van der Waals surface area contributed by atoms with Crippen molar-refractivity contribution in [2.24, 2.45) is 0 Å². The minimum Gasteiger partial charge on any atom is -0.298 e. The molecule has 0 spiro atoms. The van der Waals surface area contributed by atoms with Gasteiger partial charge in [-0.2, -0.15) is 0 Å². The van der Waals surface area contributed by atoms with E-state index in [1.54, 1.807) is 13.1 Å². The summed E-state index contributed by atoms with van der Waals surface area (Å²) in [5.41, 5.74) is 1.09. The van der Waals surface area contributed by atoms with Crippen LogP contribution >= 0.6 is 11.3 Å². The van der Waals surface area contributed by atoms with E-state index in [0.29, 0.717) is 16.8 Å². The van der Waals surface area contributed by atoms with Gasteiger partial charge in [-0.1, -0.05) is 6.07 Å². The zero-order valence-corrected chi connectivity index (χ0v) is 12.0. The van der Waals surface area contributed by atoms with Gasteiger partial charge < -0.3 is 0 Å². The lowest BCUT2D eigenvalue weighted by Gasteiger charge is -2.00. The average Bonchev–Trinajstić information content (AvgIpc) is 2.77. The fourth-order valence-corrected chi connectivity index (χ4v) is 3.44. The predicted octanol–water partition coefficient (Wildman–Crippen LogP) is 2.14. The summed E-state index contributed by atoms with van der Waals surface area (Å²) in [5.74, 6) is 0. The van der Waals surface area contributed by atoms with E-state index in [1.165, 1.54) is 15.9 Å². The van der Waals surface area contributed by atoms with Crippen molar-refractivity contribution in [3.8, 4) is 10.6 Å². The van der Waals surface area contributed by atoms with Crippen LogP contribution in [0, 0.1) is 6.92 Å². The van der Waals surface area contributed by atoms with E-state index in [2.05, 4.69) is 9.97 Å². The highest BCUT2D eigenvalue weighted by atomic mass is 32.1. The molecule has 0 aliphatic carbocycles. The maximum atomic E-state index is 12.4. The molecule has 1 N–H and O–H groups in total. The molecule has 0 atom stereocenters. The molecule has 0 unspecified atom stereocenters. The molecule has 0 aromatic carbocycles. The van der Waals surface area contributed by atoms with E-state index in [4.69, 9.17) is 0 Å². The van der Waals surface area contributed by atoms with Crippen molar-refractivity contribution in [3.63, 3.8) is 0 Å². The second-order valence-electron chi connectivity index (χ2n) is 4.45. The number of hydrogen-bond donors (Lipinski definition) is 1. The summed E-state index contributed by atoms with van der Waals surface area (Å²) in [6, 6.07) is 5.64. The summed E-state index contributed by atoms with van der Waals surface area (Å²) in [6.07, 6.45) is 1.71. The number of hydrogen-bond acceptors (Lipinski definition) is 4. The Morgan fingerprint density at radius 1 is 1.35 bits per heavy atom. The number of aromatic nitrogens is 3. The highest BCUT2D eigenvalue weighted by molar-refractivity contribution is 7.22. The first-order valence-electron chi connectivity index (χ1n) is 6.31. The molecule has 0 radical (unpaired) electrons. The summed E-state index contributed by atoms with van der Waals surface area (Å²) in [4.78, 5) is 32.8. The summed E-state index contributed by atoms with van der Waals surface area (Å²) >= 11 is 1.39. The number of fused-ring (bicyclic) bond motifs is 1. The molecule has 0 bridgehead atoms. The Kier molecular flexibility index (Phi) is 3.02. The van der Waals surface area contributed by atoms with Crippen molar-refractivity contribution < 1.29 is 0 Å². The molecule has 3 aromatic rings. The zero-order valence-electron chi connectivity index (χ0n) is 11.1. The number of H-pyrrole nitrogens is 1. The first-order chi connectivity index (χ1) is 9.63. The quantitative estimate of drug-likeness (QED) is 0.785. The molecule has 0 saturated carbocycles. The Labute approximate surface area is 118 Å². The lowest BCUT2D eigenvalue weighted by atomic mass is 10.1. The van der Waals surface area contributed by atoms with Gasteiger partial charge in [-0.15, -0.1) is 11.3 Å². The van der Waals surface area contributed by atoms with E-state index >= 15 is 0 Å². The molecule has 102 valence electrons. The van der Waals surface area contributed by atoms with E-state index < -0.39 is 0 Å². The molecular weight excluding hydrogens is 274 g/mol. The summed E-state index contributed by atoms with van der Waals surface area (Å²) < 4.78 is 1.21. The Hall–Kier alpha value is -2.21. The van der Waals surface area contributed by atoms with Crippen LogP contribution in [-0.4, -0.2) is 14.5 Å². The smallest absolute Gasteiger partial charge is 0.298 e. The second-order valence-corrected chi connectivity index (χ2v) is 5.48. The average molecular weight is 287 g/mol. The topological polar surface area (TPSA) is 67.8 Å². The molecule has 3 rings (SSSR count). The Bertz CT molecular complexity index is 890. The minimum absolute atomic E-state index is 0.234. The van der Waals surface area contributed by atoms with Crippen LogP contribution in [0.4, 0.5) is 0 Å². The number of rotatable bonds is 2. The zero-order chi connectivity index (χ0) is 14.3. The number of nitrogens with zero attached hydrogens (tertiary/aromatic N) is 2. The van der Waals surface area contributed by atoms with Crippen LogP contribution in [0.15, 0.2) is 34.0 Å². The molecule has 3 aromatic heterocycles. The van der Waals surface area contributed by atoms with Gasteiger partial charge in [-0.05, 0) is 31.5 Å². The van der Waals surface area contributed by atoms with E-state index in [0.717, 1.165) is 16.1 Å². The Morgan fingerprint density at radius 3 is 2.80 bits per heavy atom. The molecular formula is C14H13N3O2S. The van der Waals surface area contributed by atoms with Crippen molar-refractivity contribution in [2.75, 3.05) is 0 Å². The highest BCUT2D eigenvalue weighted by Gasteiger charge is 2.16. The summed E-state index contributed by atoms with van der Waals surface area (Å²) in [5, 5.41) is 0.581. The van der Waals surface area contributed by atoms with Gasteiger partial charge in [0.2, 0.25) is 0 Å². The highest BCUT2D eigenvalue weighted by Crippen LogP contribution is 2.33. The van der Waals surface area contributed by atoms with Gasteiger partial charge in [0.25, 0.3) is 5.56 Å². The monoisotopic (exact) mass is 287 g/mol. The first kappa shape index (κ1) is 12.8. The van der Waals surface area contributed by atoms with E-state index in [9.17, 15) is 9.59 Å². The van der Waals surface area contributed by atoms with Crippen LogP contribution in [0.2, 0.25) is 0 Å². The van der Waals surface area contributed by atoms with Crippen LogP contribution in [0.5, 0.6) is 0 Å². The number of aryl methyl sites for hydroxylation is 1. The third-order valence-electron chi connectivity index (χ3n) is 3.29. The largest absolute Gasteiger partial charge is 0.329 e. The van der Waals surface area contributed by atoms with Gasteiger partial charge in [0.1, 0.15) is 4.83 Å². The molecule has 0 fully saturated rings. The van der Waals surface area contributed by atoms with Crippen molar-refractivity contribution in [1.82, 2.24) is 14.5 Å². The van der Waals surface area contributed by atoms with E-state index in [-0.39, 0.29) is 11.2 Å². The van der Waals surface area contributed by atoms with Crippen molar-refractivity contribution in [2.45, 2.75) is 20.4 Å². The minimum atomic E-state index is -0.362.